The van der Waals surface area contributed by atoms with Crippen LogP contribution in [0.1, 0.15) is 60.4 Å². The van der Waals surface area contributed by atoms with Crippen molar-refractivity contribution in [1.82, 2.24) is 10.3 Å². The van der Waals surface area contributed by atoms with E-state index in [-0.39, 0.29) is 12.5 Å². The summed E-state index contributed by atoms with van der Waals surface area (Å²) in [6, 6.07) is 0. The first kappa shape index (κ1) is 17.6. The number of nitrogens with zero attached hydrogens (tertiary/aromatic N) is 1. The Labute approximate surface area is 129 Å². The van der Waals surface area contributed by atoms with Crippen LogP contribution >= 0.6 is 11.3 Å². The van der Waals surface area contributed by atoms with Gasteiger partial charge in [-0.05, 0) is 32.6 Å². The van der Waals surface area contributed by atoms with Gasteiger partial charge in [0, 0.05) is 6.54 Å². The van der Waals surface area contributed by atoms with Gasteiger partial charge in [-0.2, -0.15) is 0 Å². The van der Waals surface area contributed by atoms with Crippen LogP contribution in [0.2, 0.25) is 0 Å². The molecule has 1 aromatic rings. The molecule has 0 bridgehead atoms. The fourth-order valence-corrected chi connectivity index (χ4v) is 3.27. The van der Waals surface area contributed by atoms with Crippen LogP contribution < -0.4 is 5.32 Å². The predicted octanol–water partition coefficient (Wildman–Crippen LogP) is 3.02. The summed E-state index contributed by atoms with van der Waals surface area (Å²) < 4.78 is 0. The molecule has 0 aliphatic rings. The third-order valence-corrected chi connectivity index (χ3v) is 5.12. The van der Waals surface area contributed by atoms with Crippen LogP contribution in [-0.4, -0.2) is 28.5 Å². The average molecular weight is 312 g/mol. The van der Waals surface area contributed by atoms with Crippen molar-refractivity contribution < 1.29 is 14.7 Å². The van der Waals surface area contributed by atoms with Crippen molar-refractivity contribution in [3.63, 3.8) is 0 Å². The maximum Gasteiger partial charge on any atom is 0.311 e. The van der Waals surface area contributed by atoms with Gasteiger partial charge >= 0.3 is 5.97 Å². The molecular formula is C15H24N2O3S. The number of nitrogens with one attached hydrogen (secondary N) is 1. The molecule has 118 valence electrons. The second kappa shape index (κ2) is 7.54. The fraction of sp³-hybridized carbons (Fsp3) is 0.667. The Kier molecular flexibility index (Phi) is 6.33. The number of hydrogen-bond donors (Lipinski definition) is 2. The van der Waals surface area contributed by atoms with Crippen LogP contribution in [-0.2, 0) is 11.2 Å². The highest BCUT2D eigenvalue weighted by molar-refractivity contribution is 7.13. The van der Waals surface area contributed by atoms with Crippen molar-refractivity contribution >= 4 is 23.2 Å². The predicted molar refractivity (Wildman–Crippen MR) is 83.8 cm³/mol. The minimum atomic E-state index is -0.888. The van der Waals surface area contributed by atoms with Crippen LogP contribution in [0.5, 0.6) is 0 Å². The maximum absolute atomic E-state index is 12.3. The zero-order chi connectivity index (χ0) is 16.0. The Bertz CT molecular complexity index is 507. The summed E-state index contributed by atoms with van der Waals surface area (Å²) >= 11 is 1.40. The quantitative estimate of drug-likeness (QED) is 0.773. The molecular weight excluding hydrogens is 288 g/mol. The van der Waals surface area contributed by atoms with Crippen molar-refractivity contribution in [2.24, 2.45) is 5.41 Å². The molecule has 0 aliphatic heterocycles. The highest BCUT2D eigenvalue weighted by atomic mass is 32.1. The summed E-state index contributed by atoms with van der Waals surface area (Å²) in [4.78, 5) is 28.6. The molecule has 1 amide bonds. The standard InChI is InChI=1S/C15H24N2O3S/c1-5-8-11-17-10(4)12(21-11)13(18)16-9-15(6-2,7-3)14(19)20/h5-9H2,1-4H3,(H,16,18)(H,19,20). The summed E-state index contributed by atoms with van der Waals surface area (Å²) in [5, 5.41) is 13.1. The van der Waals surface area contributed by atoms with E-state index in [4.69, 9.17) is 0 Å². The molecule has 0 spiro atoms. The first-order chi connectivity index (χ1) is 9.90. The maximum atomic E-state index is 12.3. The Morgan fingerprint density at radius 2 is 1.90 bits per heavy atom. The zero-order valence-electron chi connectivity index (χ0n) is 13.2. The molecule has 0 unspecified atom stereocenters. The van der Waals surface area contributed by atoms with E-state index >= 15 is 0 Å². The van der Waals surface area contributed by atoms with Gasteiger partial charge in [0.15, 0.2) is 0 Å². The molecule has 5 nitrogen and oxygen atoms in total. The Hall–Kier alpha value is -1.43. The number of carbonyl (C=O) groups is 2. The fourth-order valence-electron chi connectivity index (χ4n) is 2.19. The lowest BCUT2D eigenvalue weighted by Gasteiger charge is -2.26. The molecule has 0 radical (unpaired) electrons. The van der Waals surface area contributed by atoms with Crippen molar-refractivity contribution in [3.05, 3.63) is 15.6 Å². The van der Waals surface area contributed by atoms with Gasteiger partial charge in [-0.3, -0.25) is 9.59 Å². The van der Waals surface area contributed by atoms with Crippen molar-refractivity contribution in [2.45, 2.75) is 53.4 Å². The van der Waals surface area contributed by atoms with Gasteiger partial charge < -0.3 is 10.4 Å². The van der Waals surface area contributed by atoms with E-state index in [0.717, 1.165) is 23.5 Å². The summed E-state index contributed by atoms with van der Waals surface area (Å²) in [6.45, 7) is 7.70. The lowest BCUT2D eigenvalue weighted by Crippen LogP contribution is -2.42. The Morgan fingerprint density at radius 3 is 2.38 bits per heavy atom. The lowest BCUT2D eigenvalue weighted by molar-refractivity contribution is -0.149. The monoisotopic (exact) mass is 312 g/mol. The van der Waals surface area contributed by atoms with Crippen LogP contribution in [0.25, 0.3) is 0 Å². The Balaban J connectivity index is 2.79. The molecule has 1 heterocycles. The number of rotatable bonds is 8. The molecule has 2 N–H and O–H groups in total. The van der Waals surface area contributed by atoms with Gasteiger partial charge in [-0.15, -0.1) is 11.3 Å². The largest absolute Gasteiger partial charge is 0.481 e. The van der Waals surface area contributed by atoms with Gasteiger partial charge in [-0.1, -0.05) is 20.8 Å². The van der Waals surface area contributed by atoms with Crippen LogP contribution in [0.3, 0.4) is 0 Å². The number of carboxylic acids is 1. The van der Waals surface area contributed by atoms with E-state index in [1.54, 1.807) is 0 Å². The number of carboxylic acid groups (broad SMARTS) is 1. The molecule has 21 heavy (non-hydrogen) atoms. The second-order valence-corrected chi connectivity index (χ2v) is 6.33. The van der Waals surface area contributed by atoms with E-state index < -0.39 is 11.4 Å². The third-order valence-electron chi connectivity index (χ3n) is 3.91. The minimum absolute atomic E-state index is 0.147. The normalized spacial score (nSPS) is 11.4. The van der Waals surface area contributed by atoms with E-state index in [2.05, 4.69) is 17.2 Å². The first-order valence-electron chi connectivity index (χ1n) is 7.38. The molecule has 0 fully saturated rings. The van der Waals surface area contributed by atoms with Crippen molar-refractivity contribution in [1.29, 1.82) is 0 Å². The molecule has 0 saturated carbocycles. The highest BCUT2D eigenvalue weighted by Crippen LogP contribution is 2.26. The van der Waals surface area contributed by atoms with Crippen molar-refractivity contribution in [3.8, 4) is 0 Å². The Morgan fingerprint density at radius 1 is 1.29 bits per heavy atom. The molecule has 0 atom stereocenters. The van der Waals surface area contributed by atoms with Gasteiger partial charge in [0.05, 0.1) is 16.1 Å². The van der Waals surface area contributed by atoms with Gasteiger partial charge in [0.25, 0.3) is 5.91 Å². The molecule has 6 heteroatoms. The van der Waals surface area contributed by atoms with E-state index in [0.29, 0.717) is 17.7 Å². The number of thiazole rings is 1. The second-order valence-electron chi connectivity index (χ2n) is 5.25. The summed E-state index contributed by atoms with van der Waals surface area (Å²) in [7, 11) is 0. The molecule has 1 rings (SSSR count). The summed E-state index contributed by atoms with van der Waals surface area (Å²) in [5.74, 6) is -1.08. The summed E-state index contributed by atoms with van der Waals surface area (Å²) in [6.07, 6.45) is 2.83. The van der Waals surface area contributed by atoms with Crippen molar-refractivity contribution in [2.75, 3.05) is 6.54 Å². The molecule has 0 aromatic carbocycles. The smallest absolute Gasteiger partial charge is 0.311 e. The first-order valence-corrected chi connectivity index (χ1v) is 8.19. The number of aryl methyl sites for hydroxylation is 2. The zero-order valence-corrected chi connectivity index (χ0v) is 14.0. The van der Waals surface area contributed by atoms with Gasteiger partial charge in [-0.25, -0.2) is 4.98 Å². The van der Waals surface area contributed by atoms with Crippen LogP contribution in [0, 0.1) is 12.3 Å². The summed E-state index contributed by atoms with van der Waals surface area (Å²) in [5.41, 5.74) is -0.171. The number of carbonyl (C=O) groups excluding carboxylic acids is 1. The van der Waals surface area contributed by atoms with Gasteiger partial charge in [0.2, 0.25) is 0 Å². The minimum Gasteiger partial charge on any atom is -0.481 e. The number of aliphatic carboxylic acids is 1. The molecule has 0 aliphatic carbocycles. The molecule has 1 aromatic heterocycles. The number of aromatic nitrogens is 1. The highest BCUT2D eigenvalue weighted by Gasteiger charge is 2.35. The third kappa shape index (κ3) is 4.03. The lowest BCUT2D eigenvalue weighted by atomic mass is 9.82. The van der Waals surface area contributed by atoms with E-state index in [1.165, 1.54) is 11.3 Å². The van der Waals surface area contributed by atoms with Gasteiger partial charge in [0.1, 0.15) is 4.88 Å². The average Bonchev–Trinajstić information content (AvgIpc) is 2.81. The SMILES string of the molecule is CCCc1nc(C)c(C(=O)NCC(CC)(CC)C(=O)O)s1. The van der Waals surface area contributed by atoms with Crippen LogP contribution in [0.15, 0.2) is 0 Å². The topological polar surface area (TPSA) is 79.3 Å². The molecule has 0 saturated heterocycles. The number of hydrogen-bond acceptors (Lipinski definition) is 4. The van der Waals surface area contributed by atoms with E-state index in [1.807, 2.05) is 20.8 Å². The van der Waals surface area contributed by atoms with E-state index in [9.17, 15) is 14.7 Å². The van der Waals surface area contributed by atoms with Crippen LogP contribution in [0.4, 0.5) is 0 Å². The number of amides is 1.